The largest absolute Gasteiger partial charge is 0.456 e. The molecule has 5 heteroatoms. The number of hydrogen-bond acceptors (Lipinski definition) is 4. The Morgan fingerprint density at radius 1 is 0.396 bits per heavy atom. The average Bonchev–Trinajstić information content (AvgIpc) is 3.70. The van der Waals surface area contributed by atoms with E-state index in [4.69, 9.17) is 19.4 Å². The van der Waals surface area contributed by atoms with Crippen molar-refractivity contribution in [3.05, 3.63) is 158 Å². The Kier molecular flexibility index (Phi) is 5.81. The monoisotopic (exact) mass is 614 g/mol. The van der Waals surface area contributed by atoms with Gasteiger partial charge in [-0.25, -0.2) is 15.0 Å². The minimum atomic E-state index is 0.594. The number of aromatic nitrogens is 4. The lowest BCUT2D eigenvalue weighted by atomic mass is 10.1. The molecule has 0 atom stereocenters. The maximum atomic E-state index is 6.57. The van der Waals surface area contributed by atoms with Crippen LogP contribution in [0.2, 0.25) is 0 Å². The molecule has 7 aromatic carbocycles. The summed E-state index contributed by atoms with van der Waals surface area (Å²) in [6.45, 7) is 0. The fraction of sp³-hybridized carbons (Fsp3) is 0. The van der Waals surface area contributed by atoms with Gasteiger partial charge in [0.1, 0.15) is 11.2 Å². The lowest BCUT2D eigenvalue weighted by Crippen LogP contribution is -2.00. The van der Waals surface area contributed by atoms with Gasteiger partial charge in [-0.2, -0.15) is 0 Å². The van der Waals surface area contributed by atoms with Crippen molar-refractivity contribution in [1.82, 2.24) is 19.5 Å². The zero-order valence-electron chi connectivity index (χ0n) is 25.7. The standard InChI is InChI=1S/C43H26N4O/c1-2-12-28(13-3-1)41-44-42(30-22-21-27-11-4-5-14-29(27)25-30)46-43(45-41)31-23-24-34-39(26-31)48-38-20-10-19-37(40(34)38)47-35-17-8-6-15-32(35)33-16-7-9-18-36(33)47/h1-26H. The smallest absolute Gasteiger partial charge is 0.164 e. The molecule has 224 valence electrons. The minimum absolute atomic E-state index is 0.594. The molecule has 3 heterocycles. The first-order valence-corrected chi connectivity index (χ1v) is 16.0. The lowest BCUT2D eigenvalue weighted by molar-refractivity contribution is 0.669. The third kappa shape index (κ3) is 4.15. The molecule has 0 saturated carbocycles. The molecular weight excluding hydrogens is 589 g/mol. The van der Waals surface area contributed by atoms with Crippen molar-refractivity contribution in [2.45, 2.75) is 0 Å². The first-order chi connectivity index (χ1) is 23.8. The molecule has 10 aromatic rings. The van der Waals surface area contributed by atoms with E-state index in [-0.39, 0.29) is 0 Å². The highest BCUT2D eigenvalue weighted by molar-refractivity contribution is 6.14. The predicted octanol–water partition coefficient (Wildman–Crippen LogP) is 11.0. The van der Waals surface area contributed by atoms with Crippen LogP contribution in [-0.2, 0) is 0 Å². The molecule has 10 rings (SSSR count). The van der Waals surface area contributed by atoms with Crippen LogP contribution in [0.1, 0.15) is 0 Å². The van der Waals surface area contributed by atoms with Crippen molar-refractivity contribution in [1.29, 1.82) is 0 Å². The van der Waals surface area contributed by atoms with Crippen LogP contribution < -0.4 is 0 Å². The summed E-state index contributed by atoms with van der Waals surface area (Å²) in [5.74, 6) is 1.85. The van der Waals surface area contributed by atoms with E-state index in [0.717, 1.165) is 60.7 Å². The van der Waals surface area contributed by atoms with E-state index >= 15 is 0 Å². The van der Waals surface area contributed by atoms with Gasteiger partial charge in [-0.05, 0) is 53.2 Å². The van der Waals surface area contributed by atoms with E-state index in [1.54, 1.807) is 0 Å². The Balaban J connectivity index is 1.17. The summed E-state index contributed by atoms with van der Waals surface area (Å²) in [6.07, 6.45) is 0. The molecule has 0 saturated heterocycles. The minimum Gasteiger partial charge on any atom is -0.456 e. The normalized spacial score (nSPS) is 11.8. The highest BCUT2D eigenvalue weighted by Crippen LogP contribution is 2.39. The van der Waals surface area contributed by atoms with Gasteiger partial charge in [0.2, 0.25) is 0 Å². The fourth-order valence-electron chi connectivity index (χ4n) is 6.99. The van der Waals surface area contributed by atoms with Crippen molar-refractivity contribution in [2.24, 2.45) is 0 Å². The highest BCUT2D eigenvalue weighted by atomic mass is 16.3. The Hall–Kier alpha value is -6.59. The molecule has 0 amide bonds. The van der Waals surface area contributed by atoms with Crippen LogP contribution in [-0.4, -0.2) is 19.5 Å². The third-order valence-corrected chi connectivity index (χ3v) is 9.23. The van der Waals surface area contributed by atoms with Crippen molar-refractivity contribution in [3.63, 3.8) is 0 Å². The van der Waals surface area contributed by atoms with Gasteiger partial charge in [0.15, 0.2) is 17.5 Å². The predicted molar refractivity (Wildman–Crippen MR) is 195 cm³/mol. The fourth-order valence-corrected chi connectivity index (χ4v) is 6.99. The van der Waals surface area contributed by atoms with Crippen LogP contribution in [0, 0.1) is 0 Å². The van der Waals surface area contributed by atoms with E-state index in [1.807, 2.05) is 36.4 Å². The van der Waals surface area contributed by atoms with Gasteiger partial charge in [-0.15, -0.1) is 0 Å². The molecule has 0 unspecified atom stereocenters. The summed E-state index contributed by atoms with van der Waals surface area (Å²) < 4.78 is 8.92. The zero-order valence-corrected chi connectivity index (χ0v) is 25.7. The number of para-hydroxylation sites is 2. The first kappa shape index (κ1) is 26.6. The Morgan fingerprint density at radius 2 is 1.00 bits per heavy atom. The molecular formula is C43H26N4O. The first-order valence-electron chi connectivity index (χ1n) is 16.0. The molecule has 0 aliphatic carbocycles. The lowest BCUT2D eigenvalue weighted by Gasteiger charge is -2.10. The average molecular weight is 615 g/mol. The molecule has 0 aliphatic heterocycles. The number of fused-ring (bicyclic) bond motifs is 7. The molecule has 3 aromatic heterocycles. The Labute approximate surface area is 275 Å². The van der Waals surface area contributed by atoms with Gasteiger partial charge in [0, 0.05) is 32.8 Å². The van der Waals surface area contributed by atoms with Crippen molar-refractivity contribution in [3.8, 4) is 39.9 Å². The van der Waals surface area contributed by atoms with Crippen LogP contribution in [0.5, 0.6) is 0 Å². The maximum absolute atomic E-state index is 6.57. The summed E-state index contributed by atoms with van der Waals surface area (Å²) in [5.41, 5.74) is 7.76. The number of hydrogen-bond donors (Lipinski definition) is 0. The van der Waals surface area contributed by atoms with Crippen LogP contribution in [0.4, 0.5) is 0 Å². The SMILES string of the molecule is c1ccc(-c2nc(-c3ccc4ccccc4c3)nc(-c3ccc4c(c3)oc3cccc(-n5c6ccccc6c6ccccc65)c34)n2)cc1. The summed E-state index contributed by atoms with van der Waals surface area (Å²) in [6, 6.07) is 54.5. The molecule has 5 nitrogen and oxygen atoms in total. The highest BCUT2D eigenvalue weighted by Gasteiger charge is 2.19. The van der Waals surface area contributed by atoms with Crippen LogP contribution in [0.3, 0.4) is 0 Å². The van der Waals surface area contributed by atoms with Crippen LogP contribution in [0.15, 0.2) is 162 Å². The molecule has 0 radical (unpaired) electrons. The molecule has 0 bridgehead atoms. The molecule has 0 N–H and O–H groups in total. The summed E-state index contributed by atoms with van der Waals surface area (Å²) >= 11 is 0. The van der Waals surface area contributed by atoms with Gasteiger partial charge >= 0.3 is 0 Å². The van der Waals surface area contributed by atoms with E-state index in [0.29, 0.717) is 17.5 Å². The van der Waals surface area contributed by atoms with E-state index in [9.17, 15) is 0 Å². The summed E-state index contributed by atoms with van der Waals surface area (Å²) in [7, 11) is 0. The van der Waals surface area contributed by atoms with Gasteiger partial charge in [-0.1, -0.05) is 115 Å². The second-order valence-electron chi connectivity index (χ2n) is 12.1. The number of nitrogens with zero attached hydrogens (tertiary/aromatic N) is 4. The van der Waals surface area contributed by atoms with Gasteiger partial charge in [0.25, 0.3) is 0 Å². The van der Waals surface area contributed by atoms with Crippen molar-refractivity contribution in [2.75, 3.05) is 0 Å². The Morgan fingerprint density at radius 3 is 1.75 bits per heavy atom. The summed E-state index contributed by atoms with van der Waals surface area (Å²) in [5, 5.41) is 6.88. The number of furan rings is 1. The summed E-state index contributed by atoms with van der Waals surface area (Å²) in [4.78, 5) is 15.0. The quantitative estimate of drug-likeness (QED) is 0.198. The third-order valence-electron chi connectivity index (χ3n) is 9.23. The topological polar surface area (TPSA) is 56.7 Å². The molecule has 0 spiro atoms. The number of rotatable bonds is 4. The Bertz CT molecular complexity index is 2800. The van der Waals surface area contributed by atoms with Crippen molar-refractivity contribution < 1.29 is 4.42 Å². The van der Waals surface area contributed by atoms with E-state index in [2.05, 4.69) is 126 Å². The van der Waals surface area contributed by atoms with Gasteiger partial charge in [0.05, 0.1) is 22.1 Å². The zero-order chi connectivity index (χ0) is 31.6. The molecule has 48 heavy (non-hydrogen) atoms. The van der Waals surface area contributed by atoms with Gasteiger partial charge in [-0.3, -0.25) is 0 Å². The van der Waals surface area contributed by atoms with Crippen LogP contribution >= 0.6 is 0 Å². The second kappa shape index (κ2) is 10.5. The molecule has 0 aliphatic rings. The van der Waals surface area contributed by atoms with Crippen LogP contribution in [0.25, 0.3) is 94.4 Å². The van der Waals surface area contributed by atoms with E-state index in [1.165, 1.54) is 16.2 Å². The molecule has 0 fully saturated rings. The van der Waals surface area contributed by atoms with Crippen molar-refractivity contribution >= 4 is 54.5 Å². The van der Waals surface area contributed by atoms with E-state index < -0.39 is 0 Å². The van der Waals surface area contributed by atoms with Gasteiger partial charge < -0.3 is 8.98 Å². The second-order valence-corrected chi connectivity index (χ2v) is 12.1. The number of benzene rings is 7. The maximum Gasteiger partial charge on any atom is 0.164 e.